The highest BCUT2D eigenvalue weighted by Gasteiger charge is 2.22. The van der Waals surface area contributed by atoms with E-state index in [4.69, 9.17) is 15.2 Å². The van der Waals surface area contributed by atoms with E-state index in [1.807, 2.05) is 30.3 Å². The van der Waals surface area contributed by atoms with Gasteiger partial charge in [-0.25, -0.2) is 0 Å². The van der Waals surface area contributed by atoms with Crippen LogP contribution < -0.4 is 11.1 Å². The van der Waals surface area contributed by atoms with Crippen molar-refractivity contribution < 1.29 is 19.1 Å². The van der Waals surface area contributed by atoms with Crippen LogP contribution in [0.1, 0.15) is 24.8 Å². The van der Waals surface area contributed by atoms with Gasteiger partial charge in [0.25, 0.3) is 0 Å². The van der Waals surface area contributed by atoms with Gasteiger partial charge >= 0.3 is 5.97 Å². The van der Waals surface area contributed by atoms with Crippen molar-refractivity contribution in [2.75, 3.05) is 13.2 Å². The van der Waals surface area contributed by atoms with Gasteiger partial charge in [0.2, 0.25) is 5.91 Å². The zero-order valence-corrected chi connectivity index (χ0v) is 13.7. The van der Waals surface area contributed by atoms with E-state index in [1.54, 1.807) is 0 Å². The Balaban J connectivity index is 0.00000264. The third-order valence-corrected chi connectivity index (χ3v) is 3.53. The minimum Gasteiger partial charge on any atom is -0.461 e. The quantitative estimate of drug-likeness (QED) is 0.757. The first-order valence-corrected chi connectivity index (χ1v) is 7.48. The Labute approximate surface area is 142 Å². The van der Waals surface area contributed by atoms with E-state index in [9.17, 15) is 9.59 Å². The van der Waals surface area contributed by atoms with E-state index in [0.717, 1.165) is 18.4 Å². The van der Waals surface area contributed by atoms with E-state index >= 15 is 0 Å². The number of nitrogens with one attached hydrogen (secondary N) is 1. The van der Waals surface area contributed by atoms with Crippen LogP contribution in [-0.2, 0) is 25.7 Å². The Morgan fingerprint density at radius 2 is 1.91 bits per heavy atom. The van der Waals surface area contributed by atoms with Crippen LogP contribution in [0.15, 0.2) is 30.3 Å². The van der Waals surface area contributed by atoms with Gasteiger partial charge in [-0.1, -0.05) is 30.3 Å². The first kappa shape index (κ1) is 19.4. The summed E-state index contributed by atoms with van der Waals surface area (Å²) in [5, 5.41) is 2.85. The van der Waals surface area contributed by atoms with E-state index in [1.165, 1.54) is 0 Å². The molecule has 0 aromatic heterocycles. The monoisotopic (exact) mass is 342 g/mol. The van der Waals surface area contributed by atoms with Crippen LogP contribution >= 0.6 is 12.4 Å². The summed E-state index contributed by atoms with van der Waals surface area (Å²) in [7, 11) is 0. The second-order valence-corrected chi connectivity index (χ2v) is 5.35. The molecule has 0 saturated carbocycles. The molecule has 1 aromatic rings. The molecule has 0 spiro atoms. The maximum absolute atomic E-state index is 11.9. The maximum atomic E-state index is 11.9. The van der Waals surface area contributed by atoms with Crippen LogP contribution in [0, 0.1) is 0 Å². The number of hydrogen-bond donors (Lipinski definition) is 2. The maximum Gasteiger partial charge on any atom is 0.308 e. The topological polar surface area (TPSA) is 90.7 Å². The molecule has 7 heteroatoms. The Hall–Kier alpha value is -1.63. The standard InChI is InChI=1S/C16H22N2O4.ClH/c17-14(16(20)18-13-6-8-21-9-7-13)10-15(19)22-11-12-4-2-1-3-5-12;/h1-5,13-14H,6-11,17H2,(H,18,20);1H/t14-;/m1./s1. The van der Waals surface area contributed by atoms with Gasteiger partial charge in [-0.2, -0.15) is 0 Å². The van der Waals surface area contributed by atoms with Crippen molar-refractivity contribution >= 4 is 24.3 Å². The minimum atomic E-state index is -0.883. The van der Waals surface area contributed by atoms with E-state index in [0.29, 0.717) is 13.2 Å². The normalized spacial score (nSPS) is 16.0. The first-order chi connectivity index (χ1) is 10.6. The van der Waals surface area contributed by atoms with Gasteiger partial charge in [-0.05, 0) is 18.4 Å². The van der Waals surface area contributed by atoms with Gasteiger partial charge in [0.15, 0.2) is 0 Å². The summed E-state index contributed by atoms with van der Waals surface area (Å²) in [5.74, 6) is -0.790. The Morgan fingerprint density at radius 1 is 1.26 bits per heavy atom. The number of nitrogens with two attached hydrogens (primary N) is 1. The molecule has 6 nitrogen and oxygen atoms in total. The lowest BCUT2D eigenvalue weighted by Gasteiger charge is -2.24. The largest absolute Gasteiger partial charge is 0.461 e. The molecular weight excluding hydrogens is 320 g/mol. The van der Waals surface area contributed by atoms with Crippen molar-refractivity contribution in [2.24, 2.45) is 5.73 Å². The first-order valence-electron chi connectivity index (χ1n) is 7.48. The van der Waals surface area contributed by atoms with Crippen molar-refractivity contribution in [2.45, 2.75) is 38.0 Å². The van der Waals surface area contributed by atoms with Crippen molar-refractivity contribution in [1.29, 1.82) is 0 Å². The third-order valence-electron chi connectivity index (χ3n) is 3.53. The number of carbonyl (C=O) groups is 2. The van der Waals surface area contributed by atoms with Crippen LogP contribution in [0.5, 0.6) is 0 Å². The molecule has 1 aromatic carbocycles. The molecule has 1 fully saturated rings. The van der Waals surface area contributed by atoms with Gasteiger partial charge in [-0.3, -0.25) is 9.59 Å². The zero-order chi connectivity index (χ0) is 15.8. The lowest BCUT2D eigenvalue weighted by molar-refractivity contribution is -0.146. The fraction of sp³-hybridized carbons (Fsp3) is 0.500. The highest BCUT2D eigenvalue weighted by molar-refractivity contribution is 5.86. The molecule has 0 unspecified atom stereocenters. The van der Waals surface area contributed by atoms with Crippen LogP contribution in [0.2, 0.25) is 0 Å². The molecule has 1 amide bonds. The SMILES string of the molecule is Cl.N[C@H](CC(=O)OCc1ccccc1)C(=O)NC1CCOCC1. The summed E-state index contributed by atoms with van der Waals surface area (Å²) >= 11 is 0. The van der Waals surface area contributed by atoms with Crippen molar-refractivity contribution in [3.63, 3.8) is 0 Å². The van der Waals surface area contributed by atoms with Gasteiger partial charge in [0.05, 0.1) is 12.5 Å². The highest BCUT2D eigenvalue weighted by Crippen LogP contribution is 2.07. The van der Waals surface area contributed by atoms with Crippen molar-refractivity contribution in [3.8, 4) is 0 Å². The molecule has 1 atom stereocenters. The van der Waals surface area contributed by atoms with Gasteiger partial charge in [0.1, 0.15) is 6.61 Å². The second kappa shape index (κ2) is 10.2. The molecule has 1 aliphatic rings. The average Bonchev–Trinajstić information content (AvgIpc) is 2.55. The molecule has 0 radical (unpaired) electrons. The smallest absolute Gasteiger partial charge is 0.308 e. The number of ether oxygens (including phenoxy) is 2. The van der Waals surface area contributed by atoms with Gasteiger partial charge in [-0.15, -0.1) is 12.4 Å². The lowest BCUT2D eigenvalue weighted by atomic mass is 10.1. The molecular formula is C16H23ClN2O4. The molecule has 0 aliphatic carbocycles. The summed E-state index contributed by atoms with van der Waals surface area (Å²) in [6.45, 7) is 1.46. The molecule has 128 valence electrons. The molecule has 23 heavy (non-hydrogen) atoms. The third kappa shape index (κ3) is 6.99. The number of amides is 1. The summed E-state index contributed by atoms with van der Waals surface area (Å²) in [4.78, 5) is 23.7. The Kier molecular flexibility index (Phi) is 8.61. The summed E-state index contributed by atoms with van der Waals surface area (Å²) < 4.78 is 10.3. The predicted octanol–water partition coefficient (Wildman–Crippen LogP) is 1.16. The van der Waals surface area contributed by atoms with E-state index < -0.39 is 12.0 Å². The molecule has 0 bridgehead atoms. The summed E-state index contributed by atoms with van der Waals surface area (Å²) in [5.41, 5.74) is 6.66. The number of hydrogen-bond acceptors (Lipinski definition) is 5. The fourth-order valence-corrected chi connectivity index (χ4v) is 2.22. The molecule has 1 heterocycles. The number of benzene rings is 1. The number of halogens is 1. The van der Waals surface area contributed by atoms with Crippen molar-refractivity contribution in [1.82, 2.24) is 5.32 Å². The Morgan fingerprint density at radius 3 is 2.57 bits per heavy atom. The fourth-order valence-electron chi connectivity index (χ4n) is 2.22. The van der Waals surface area contributed by atoms with Crippen LogP contribution in [0.25, 0.3) is 0 Å². The van der Waals surface area contributed by atoms with Crippen LogP contribution in [0.3, 0.4) is 0 Å². The number of esters is 1. The highest BCUT2D eigenvalue weighted by atomic mass is 35.5. The molecule has 3 N–H and O–H groups in total. The second-order valence-electron chi connectivity index (χ2n) is 5.35. The van der Waals surface area contributed by atoms with E-state index in [2.05, 4.69) is 5.32 Å². The molecule has 2 rings (SSSR count). The minimum absolute atomic E-state index is 0. The average molecular weight is 343 g/mol. The number of rotatable bonds is 6. The van der Waals surface area contributed by atoms with Crippen molar-refractivity contribution in [3.05, 3.63) is 35.9 Å². The summed E-state index contributed by atoms with van der Waals surface area (Å²) in [6, 6.07) is 8.56. The lowest BCUT2D eigenvalue weighted by Crippen LogP contribution is -2.48. The van der Waals surface area contributed by atoms with Gasteiger partial charge < -0.3 is 20.5 Å². The predicted molar refractivity (Wildman–Crippen MR) is 88.1 cm³/mol. The van der Waals surface area contributed by atoms with Crippen LogP contribution in [-0.4, -0.2) is 37.2 Å². The van der Waals surface area contributed by atoms with Crippen LogP contribution in [0.4, 0.5) is 0 Å². The summed E-state index contributed by atoms with van der Waals surface area (Å²) in [6.07, 6.45) is 1.43. The molecule has 1 aliphatic heterocycles. The number of carbonyl (C=O) groups excluding carboxylic acids is 2. The Bertz CT molecular complexity index is 492. The van der Waals surface area contributed by atoms with Gasteiger partial charge in [0, 0.05) is 19.3 Å². The van der Waals surface area contributed by atoms with E-state index in [-0.39, 0.29) is 37.4 Å². The molecule has 1 saturated heterocycles. The zero-order valence-electron chi connectivity index (χ0n) is 12.9.